The summed E-state index contributed by atoms with van der Waals surface area (Å²) in [4.78, 5) is -0.385. The molecule has 0 spiro atoms. The van der Waals surface area contributed by atoms with Gasteiger partial charge in [0, 0.05) is 17.5 Å². The van der Waals surface area contributed by atoms with E-state index >= 15 is 0 Å². The van der Waals surface area contributed by atoms with E-state index in [0.717, 1.165) is 6.07 Å². The Balaban J connectivity index is 3.13. The molecule has 0 saturated heterocycles. The lowest BCUT2D eigenvalue weighted by Gasteiger charge is -2.17. The van der Waals surface area contributed by atoms with Crippen molar-refractivity contribution in [3.05, 3.63) is 23.5 Å². The van der Waals surface area contributed by atoms with E-state index in [-0.39, 0.29) is 22.2 Å². The number of nitrogens with two attached hydrogens (primary N) is 1. The zero-order chi connectivity index (χ0) is 14.6. The van der Waals surface area contributed by atoms with Gasteiger partial charge in [-0.15, -0.1) is 0 Å². The molecule has 1 rings (SSSR count). The van der Waals surface area contributed by atoms with Gasteiger partial charge in [0.05, 0.1) is 0 Å². The van der Waals surface area contributed by atoms with Crippen LogP contribution in [-0.2, 0) is 10.0 Å². The van der Waals surface area contributed by atoms with Crippen LogP contribution in [0.5, 0.6) is 0 Å². The van der Waals surface area contributed by atoms with Gasteiger partial charge in [0.2, 0.25) is 10.0 Å². The van der Waals surface area contributed by atoms with E-state index in [1.807, 2.05) is 13.2 Å². The van der Waals surface area contributed by atoms with Gasteiger partial charge in [-0.3, -0.25) is 0 Å². The Morgan fingerprint density at radius 1 is 1.47 bits per heavy atom. The largest absolute Gasteiger partial charge is 0.399 e. The second-order valence-electron chi connectivity index (χ2n) is 4.33. The van der Waals surface area contributed by atoms with E-state index in [0.29, 0.717) is 12.2 Å². The van der Waals surface area contributed by atoms with Crippen molar-refractivity contribution in [2.75, 3.05) is 17.7 Å². The zero-order valence-corrected chi connectivity index (χ0v) is 12.9. The van der Waals surface area contributed by atoms with E-state index in [9.17, 15) is 12.8 Å². The number of nitrogen functional groups attached to an aromatic ring is 1. The van der Waals surface area contributed by atoms with Crippen LogP contribution in [0, 0.1) is 12.7 Å². The maximum Gasteiger partial charge on any atom is 0.243 e. The van der Waals surface area contributed by atoms with Crippen molar-refractivity contribution in [2.24, 2.45) is 0 Å². The molecular weight excluding hydrogens is 287 g/mol. The molecule has 0 aliphatic carbocycles. The molecule has 0 aliphatic heterocycles. The molecule has 3 N–H and O–H groups in total. The molecule has 1 atom stereocenters. The van der Waals surface area contributed by atoms with Crippen LogP contribution < -0.4 is 10.5 Å². The molecule has 1 unspecified atom stereocenters. The Labute approximate surface area is 118 Å². The van der Waals surface area contributed by atoms with Crippen LogP contribution in [0.15, 0.2) is 17.0 Å². The highest BCUT2D eigenvalue weighted by atomic mass is 32.2. The van der Waals surface area contributed by atoms with Crippen LogP contribution in [0.1, 0.15) is 18.9 Å². The maximum atomic E-state index is 13.9. The van der Waals surface area contributed by atoms with Gasteiger partial charge in [0.15, 0.2) is 0 Å². The highest BCUT2D eigenvalue weighted by Crippen LogP contribution is 2.22. The predicted molar refractivity (Wildman–Crippen MR) is 78.3 cm³/mol. The van der Waals surface area contributed by atoms with Crippen LogP contribution in [0.4, 0.5) is 10.1 Å². The number of benzene rings is 1. The molecule has 1 aromatic carbocycles. The second-order valence-corrected chi connectivity index (χ2v) is 6.92. The van der Waals surface area contributed by atoms with E-state index in [4.69, 9.17) is 5.73 Å². The molecule has 0 aliphatic rings. The average Bonchev–Trinajstić information content (AvgIpc) is 2.32. The summed E-state index contributed by atoms with van der Waals surface area (Å²) in [5, 5.41) is 0. The molecule has 0 radical (unpaired) electrons. The van der Waals surface area contributed by atoms with Crippen molar-refractivity contribution in [2.45, 2.75) is 31.2 Å². The number of anilines is 1. The average molecular weight is 306 g/mol. The quantitative estimate of drug-likeness (QED) is 0.790. The van der Waals surface area contributed by atoms with Crippen LogP contribution in [0.25, 0.3) is 0 Å². The summed E-state index contributed by atoms with van der Waals surface area (Å²) in [5.74, 6) is -0.112. The van der Waals surface area contributed by atoms with Gasteiger partial charge in [0.1, 0.15) is 10.7 Å². The monoisotopic (exact) mass is 306 g/mol. The molecule has 108 valence electrons. The summed E-state index contributed by atoms with van der Waals surface area (Å²) < 4.78 is 40.8. The maximum absolute atomic E-state index is 13.9. The van der Waals surface area contributed by atoms with E-state index < -0.39 is 15.8 Å². The summed E-state index contributed by atoms with van der Waals surface area (Å²) in [5.41, 5.74) is 6.04. The number of halogens is 1. The lowest BCUT2D eigenvalue weighted by Crippen LogP contribution is -2.36. The first-order valence-electron chi connectivity index (χ1n) is 5.88. The smallest absolute Gasteiger partial charge is 0.243 e. The molecule has 0 amide bonds. The van der Waals surface area contributed by atoms with Gasteiger partial charge in [-0.1, -0.05) is 6.92 Å². The van der Waals surface area contributed by atoms with Gasteiger partial charge in [-0.05, 0) is 37.3 Å². The molecule has 0 bridgehead atoms. The number of aryl methyl sites for hydroxylation is 1. The Kier molecular flexibility index (Phi) is 5.64. The number of rotatable bonds is 6. The van der Waals surface area contributed by atoms with Gasteiger partial charge < -0.3 is 5.73 Å². The van der Waals surface area contributed by atoms with Gasteiger partial charge in [0.25, 0.3) is 0 Å². The zero-order valence-electron chi connectivity index (χ0n) is 11.2. The third-order valence-corrected chi connectivity index (χ3v) is 4.97. The fourth-order valence-electron chi connectivity index (χ4n) is 1.68. The number of hydrogen-bond donors (Lipinski definition) is 2. The molecule has 0 saturated carbocycles. The summed E-state index contributed by atoms with van der Waals surface area (Å²) in [6, 6.07) is 2.34. The number of nitrogens with one attached hydrogen (secondary N) is 1. The minimum absolute atomic E-state index is 0.221. The number of sulfonamides is 1. The van der Waals surface area contributed by atoms with Crippen molar-refractivity contribution >= 4 is 27.5 Å². The third kappa shape index (κ3) is 4.09. The molecule has 19 heavy (non-hydrogen) atoms. The van der Waals surface area contributed by atoms with Crippen LogP contribution >= 0.6 is 11.8 Å². The molecule has 0 heterocycles. The highest BCUT2D eigenvalue weighted by molar-refractivity contribution is 7.98. The Hall–Kier alpha value is -0.790. The minimum atomic E-state index is -3.89. The van der Waals surface area contributed by atoms with E-state index in [1.54, 1.807) is 0 Å². The number of thioether (sulfide) groups is 1. The lowest BCUT2D eigenvalue weighted by atomic mass is 10.2. The van der Waals surface area contributed by atoms with Crippen LogP contribution in [0.3, 0.4) is 0 Å². The summed E-state index contributed by atoms with van der Waals surface area (Å²) in [6.07, 6.45) is 2.53. The van der Waals surface area contributed by atoms with E-state index in [2.05, 4.69) is 4.72 Å². The highest BCUT2D eigenvalue weighted by Gasteiger charge is 2.23. The molecule has 4 nitrogen and oxygen atoms in total. The van der Waals surface area contributed by atoms with Gasteiger partial charge in [-0.25, -0.2) is 17.5 Å². The van der Waals surface area contributed by atoms with Crippen molar-refractivity contribution in [3.63, 3.8) is 0 Å². The normalized spacial score (nSPS) is 13.5. The third-order valence-electron chi connectivity index (χ3n) is 2.72. The topological polar surface area (TPSA) is 72.2 Å². The minimum Gasteiger partial charge on any atom is -0.399 e. The first-order valence-corrected chi connectivity index (χ1v) is 8.76. The standard InChI is InChI=1S/C12H19FN2O2S2/c1-4-10(7-18-3)15-19(16,17)11-6-9(14)5-8(2)12(11)13/h5-6,10,15H,4,7,14H2,1-3H3. The number of hydrogen-bond acceptors (Lipinski definition) is 4. The Bertz CT molecular complexity index is 547. The summed E-state index contributed by atoms with van der Waals surface area (Å²) in [7, 11) is -3.89. The first kappa shape index (κ1) is 16.3. The van der Waals surface area contributed by atoms with Crippen molar-refractivity contribution < 1.29 is 12.8 Å². The van der Waals surface area contributed by atoms with Crippen molar-refractivity contribution in [3.8, 4) is 0 Å². The lowest BCUT2D eigenvalue weighted by molar-refractivity contribution is 0.539. The molecule has 7 heteroatoms. The SMILES string of the molecule is CCC(CSC)NS(=O)(=O)c1cc(N)cc(C)c1F. The Morgan fingerprint density at radius 2 is 2.11 bits per heavy atom. The van der Waals surface area contributed by atoms with Crippen molar-refractivity contribution in [1.82, 2.24) is 4.72 Å². The van der Waals surface area contributed by atoms with Gasteiger partial charge in [-0.2, -0.15) is 11.8 Å². The predicted octanol–water partition coefficient (Wildman–Crippen LogP) is 2.14. The fourth-order valence-corrected chi connectivity index (χ4v) is 4.01. The van der Waals surface area contributed by atoms with Crippen LogP contribution in [-0.4, -0.2) is 26.5 Å². The first-order chi connectivity index (χ1) is 8.81. The van der Waals surface area contributed by atoms with Crippen LogP contribution in [0.2, 0.25) is 0 Å². The Morgan fingerprint density at radius 3 is 2.63 bits per heavy atom. The van der Waals surface area contributed by atoms with E-state index in [1.165, 1.54) is 24.8 Å². The summed E-state index contributed by atoms with van der Waals surface area (Å²) in [6.45, 7) is 3.37. The summed E-state index contributed by atoms with van der Waals surface area (Å²) >= 11 is 1.54. The molecular formula is C12H19FN2O2S2. The van der Waals surface area contributed by atoms with Crippen molar-refractivity contribution in [1.29, 1.82) is 0 Å². The fraction of sp³-hybridized carbons (Fsp3) is 0.500. The molecule has 0 aromatic heterocycles. The second kappa shape index (κ2) is 6.58. The molecule has 0 fully saturated rings. The van der Waals surface area contributed by atoms with Gasteiger partial charge >= 0.3 is 0 Å². The molecule has 1 aromatic rings.